The SMILES string of the molecule is CC(=O)Nc1cnn(CC(=O)NCCc2ccccc2F)n1. The topological polar surface area (TPSA) is 88.9 Å². The lowest BCUT2D eigenvalue weighted by Gasteiger charge is -2.05. The predicted octanol–water partition coefficient (Wildman–Crippen LogP) is 0.734. The molecule has 2 rings (SSSR count). The van der Waals surface area contributed by atoms with Crippen LogP contribution in [0.5, 0.6) is 0 Å². The molecule has 2 aromatic rings. The van der Waals surface area contributed by atoms with Gasteiger partial charge in [0.05, 0.1) is 6.20 Å². The van der Waals surface area contributed by atoms with E-state index in [0.717, 1.165) is 0 Å². The number of rotatable bonds is 6. The van der Waals surface area contributed by atoms with Crippen LogP contribution in [-0.4, -0.2) is 33.4 Å². The van der Waals surface area contributed by atoms with Crippen LogP contribution in [-0.2, 0) is 22.6 Å². The van der Waals surface area contributed by atoms with Crippen molar-refractivity contribution in [2.24, 2.45) is 0 Å². The van der Waals surface area contributed by atoms with E-state index in [0.29, 0.717) is 18.5 Å². The average molecular weight is 305 g/mol. The van der Waals surface area contributed by atoms with Crippen LogP contribution >= 0.6 is 0 Å². The van der Waals surface area contributed by atoms with Gasteiger partial charge in [-0.05, 0) is 18.1 Å². The Hall–Kier alpha value is -2.77. The van der Waals surface area contributed by atoms with Crippen molar-refractivity contribution in [3.63, 3.8) is 0 Å². The van der Waals surface area contributed by atoms with Crippen LogP contribution in [0.2, 0.25) is 0 Å². The summed E-state index contributed by atoms with van der Waals surface area (Å²) in [6.07, 6.45) is 1.76. The van der Waals surface area contributed by atoms with Crippen LogP contribution < -0.4 is 10.6 Å². The highest BCUT2D eigenvalue weighted by molar-refractivity contribution is 5.87. The minimum Gasteiger partial charge on any atom is -0.354 e. The Morgan fingerprint density at radius 3 is 2.82 bits per heavy atom. The van der Waals surface area contributed by atoms with Gasteiger partial charge >= 0.3 is 0 Å². The van der Waals surface area contributed by atoms with Crippen molar-refractivity contribution in [3.8, 4) is 0 Å². The minimum absolute atomic E-state index is 0.0726. The van der Waals surface area contributed by atoms with Crippen molar-refractivity contribution in [3.05, 3.63) is 41.8 Å². The highest BCUT2D eigenvalue weighted by atomic mass is 19.1. The normalized spacial score (nSPS) is 10.3. The van der Waals surface area contributed by atoms with Crippen molar-refractivity contribution >= 4 is 17.6 Å². The van der Waals surface area contributed by atoms with E-state index in [4.69, 9.17) is 0 Å². The van der Waals surface area contributed by atoms with Gasteiger partial charge < -0.3 is 10.6 Å². The fourth-order valence-corrected chi connectivity index (χ4v) is 1.83. The van der Waals surface area contributed by atoms with Gasteiger partial charge in [0.1, 0.15) is 12.4 Å². The molecule has 2 amide bonds. The standard InChI is InChI=1S/C14H16FN5O2/c1-10(21)18-13-8-17-20(19-13)9-14(22)16-7-6-11-4-2-3-5-12(11)15/h2-5,8H,6-7,9H2,1H3,(H,16,22)(H,18,19,21). The van der Waals surface area contributed by atoms with Crippen molar-refractivity contribution in [2.75, 3.05) is 11.9 Å². The fraction of sp³-hybridized carbons (Fsp3) is 0.286. The van der Waals surface area contributed by atoms with Gasteiger partial charge in [-0.25, -0.2) is 4.39 Å². The molecule has 0 saturated heterocycles. The Balaban J connectivity index is 1.77. The Bertz CT molecular complexity index is 671. The van der Waals surface area contributed by atoms with Gasteiger partial charge in [0.15, 0.2) is 5.82 Å². The zero-order chi connectivity index (χ0) is 15.9. The molecule has 116 valence electrons. The predicted molar refractivity (Wildman–Crippen MR) is 77.4 cm³/mol. The summed E-state index contributed by atoms with van der Waals surface area (Å²) in [5.41, 5.74) is 0.549. The second-order valence-corrected chi connectivity index (χ2v) is 4.63. The summed E-state index contributed by atoms with van der Waals surface area (Å²) < 4.78 is 13.4. The maximum Gasteiger partial charge on any atom is 0.243 e. The summed E-state index contributed by atoms with van der Waals surface area (Å²) in [5.74, 6) is -0.556. The van der Waals surface area contributed by atoms with E-state index >= 15 is 0 Å². The first kappa shape index (κ1) is 15.6. The van der Waals surface area contributed by atoms with Gasteiger partial charge in [0.2, 0.25) is 11.8 Å². The van der Waals surface area contributed by atoms with E-state index in [1.54, 1.807) is 18.2 Å². The molecular formula is C14H16FN5O2. The molecule has 0 aliphatic carbocycles. The molecule has 2 N–H and O–H groups in total. The summed E-state index contributed by atoms with van der Waals surface area (Å²) in [6.45, 7) is 1.60. The summed E-state index contributed by atoms with van der Waals surface area (Å²) in [5, 5.41) is 12.9. The number of nitrogens with zero attached hydrogens (tertiary/aromatic N) is 3. The van der Waals surface area contributed by atoms with Crippen LogP contribution in [0.4, 0.5) is 10.2 Å². The molecule has 0 atom stereocenters. The molecule has 8 heteroatoms. The largest absolute Gasteiger partial charge is 0.354 e. The molecule has 1 heterocycles. The molecule has 0 fully saturated rings. The summed E-state index contributed by atoms with van der Waals surface area (Å²) in [4.78, 5) is 23.7. The van der Waals surface area contributed by atoms with E-state index < -0.39 is 0 Å². The number of carbonyl (C=O) groups excluding carboxylic acids is 2. The van der Waals surface area contributed by atoms with E-state index in [1.165, 1.54) is 24.0 Å². The monoisotopic (exact) mass is 305 g/mol. The van der Waals surface area contributed by atoms with Gasteiger partial charge in [0, 0.05) is 13.5 Å². The molecule has 1 aromatic heterocycles. The second-order valence-electron chi connectivity index (χ2n) is 4.63. The third-order valence-electron chi connectivity index (χ3n) is 2.80. The number of halogens is 1. The highest BCUT2D eigenvalue weighted by Crippen LogP contribution is 2.06. The van der Waals surface area contributed by atoms with Gasteiger partial charge in [-0.1, -0.05) is 18.2 Å². The van der Waals surface area contributed by atoms with Crippen LogP contribution in [0, 0.1) is 5.82 Å². The number of carbonyl (C=O) groups is 2. The molecule has 0 aliphatic rings. The third kappa shape index (κ3) is 4.65. The number of nitrogens with one attached hydrogen (secondary N) is 2. The molecule has 0 spiro atoms. The molecular weight excluding hydrogens is 289 g/mol. The molecule has 0 saturated carbocycles. The molecule has 7 nitrogen and oxygen atoms in total. The minimum atomic E-state index is -0.290. The number of hydrogen-bond acceptors (Lipinski definition) is 4. The molecule has 0 aliphatic heterocycles. The number of benzene rings is 1. The first-order valence-electron chi connectivity index (χ1n) is 6.72. The zero-order valence-electron chi connectivity index (χ0n) is 12.0. The van der Waals surface area contributed by atoms with Crippen molar-refractivity contribution in [1.82, 2.24) is 20.3 Å². The maximum atomic E-state index is 13.4. The Labute approximate surface area is 126 Å². The number of hydrogen-bond donors (Lipinski definition) is 2. The van der Waals surface area contributed by atoms with Gasteiger partial charge in [-0.3, -0.25) is 9.59 Å². The molecule has 22 heavy (non-hydrogen) atoms. The quantitative estimate of drug-likeness (QED) is 0.823. The van der Waals surface area contributed by atoms with Crippen LogP contribution in [0.1, 0.15) is 12.5 Å². The van der Waals surface area contributed by atoms with Crippen molar-refractivity contribution in [2.45, 2.75) is 19.9 Å². The van der Waals surface area contributed by atoms with Gasteiger partial charge in [-0.2, -0.15) is 9.90 Å². The van der Waals surface area contributed by atoms with Crippen molar-refractivity contribution < 1.29 is 14.0 Å². The Morgan fingerprint density at radius 2 is 2.09 bits per heavy atom. The Morgan fingerprint density at radius 1 is 1.32 bits per heavy atom. The Kier molecular flexibility index (Phi) is 5.18. The number of anilines is 1. The lowest BCUT2D eigenvalue weighted by Crippen LogP contribution is -2.30. The van der Waals surface area contributed by atoms with E-state index in [-0.39, 0.29) is 30.0 Å². The molecule has 0 unspecified atom stereocenters. The molecule has 0 bridgehead atoms. The van der Waals surface area contributed by atoms with Gasteiger partial charge in [0.25, 0.3) is 0 Å². The van der Waals surface area contributed by atoms with E-state index in [9.17, 15) is 14.0 Å². The van der Waals surface area contributed by atoms with Crippen LogP contribution in [0.25, 0.3) is 0 Å². The fourth-order valence-electron chi connectivity index (χ4n) is 1.83. The third-order valence-corrected chi connectivity index (χ3v) is 2.80. The average Bonchev–Trinajstić information content (AvgIpc) is 2.87. The lowest BCUT2D eigenvalue weighted by atomic mass is 10.1. The highest BCUT2D eigenvalue weighted by Gasteiger charge is 2.07. The smallest absolute Gasteiger partial charge is 0.243 e. The number of aromatic nitrogens is 3. The number of amides is 2. The first-order chi connectivity index (χ1) is 10.5. The molecule has 1 aromatic carbocycles. The second kappa shape index (κ2) is 7.30. The first-order valence-corrected chi connectivity index (χ1v) is 6.72. The lowest BCUT2D eigenvalue weighted by molar-refractivity contribution is -0.122. The zero-order valence-corrected chi connectivity index (χ0v) is 12.0. The van der Waals surface area contributed by atoms with E-state index in [1.807, 2.05) is 0 Å². The van der Waals surface area contributed by atoms with Crippen molar-refractivity contribution in [1.29, 1.82) is 0 Å². The van der Waals surface area contributed by atoms with Gasteiger partial charge in [-0.15, -0.1) is 5.10 Å². The van der Waals surface area contributed by atoms with Crippen LogP contribution in [0.3, 0.4) is 0 Å². The maximum absolute atomic E-state index is 13.4. The summed E-state index contributed by atoms with van der Waals surface area (Å²) in [7, 11) is 0. The van der Waals surface area contributed by atoms with Crippen LogP contribution in [0.15, 0.2) is 30.5 Å². The molecule has 0 radical (unpaired) electrons. The van der Waals surface area contributed by atoms with E-state index in [2.05, 4.69) is 20.8 Å². The summed E-state index contributed by atoms with van der Waals surface area (Å²) in [6, 6.07) is 6.43. The summed E-state index contributed by atoms with van der Waals surface area (Å²) >= 11 is 0.